The molecule has 18 heteroatoms. The summed E-state index contributed by atoms with van der Waals surface area (Å²) >= 11 is 0. The highest BCUT2D eigenvalue weighted by molar-refractivity contribution is 6.76. The van der Waals surface area contributed by atoms with E-state index in [1.54, 1.807) is 7.11 Å². The number of hydrogen-bond donors (Lipinski definition) is 1. The van der Waals surface area contributed by atoms with Crippen molar-refractivity contribution in [2.45, 2.75) is 376 Å². The maximum absolute atomic E-state index is 15.4. The van der Waals surface area contributed by atoms with Crippen molar-refractivity contribution < 1.29 is 60.5 Å². The van der Waals surface area contributed by atoms with E-state index in [0.717, 1.165) is 36.8 Å². The number of ether oxygens (including phenoxy) is 6. The number of hydrogen-bond acceptors (Lipinski definition) is 13. The molecule has 8 aliphatic rings. The molecule has 510 valence electrons. The van der Waals surface area contributed by atoms with E-state index < -0.39 is 84.3 Å². The Morgan fingerprint density at radius 3 is 1.61 bits per heavy atom. The van der Waals surface area contributed by atoms with Gasteiger partial charge in [0.2, 0.25) is 0 Å². The van der Waals surface area contributed by atoms with Crippen LogP contribution in [0.5, 0.6) is 0 Å². The van der Waals surface area contributed by atoms with Gasteiger partial charge < -0.3 is 55.7 Å². The Labute approximate surface area is 543 Å². The first-order chi connectivity index (χ1) is 40.0. The number of fused-ring (bicyclic) bond motifs is 2. The van der Waals surface area contributed by atoms with Crippen molar-refractivity contribution >= 4 is 47.4 Å². The van der Waals surface area contributed by atoms with E-state index in [1.165, 1.54) is 0 Å². The van der Waals surface area contributed by atoms with Gasteiger partial charge in [-0.3, -0.25) is 4.79 Å². The summed E-state index contributed by atoms with van der Waals surface area (Å²) in [6, 6.07) is 0. The summed E-state index contributed by atoms with van der Waals surface area (Å²) in [5.41, 5.74) is 2.17. The number of carbonyl (C=O) groups excluding carboxylic acids is 1. The summed E-state index contributed by atoms with van der Waals surface area (Å²) in [6.45, 7) is 69.2. The van der Waals surface area contributed by atoms with Crippen molar-refractivity contribution in [3.63, 3.8) is 0 Å². The number of carbonyl (C=O) groups is 1. The zero-order valence-corrected chi connectivity index (χ0v) is 66.0. The molecule has 5 fully saturated rings. The second-order valence-corrected chi connectivity index (χ2v) is 59.5. The Kier molecular flexibility index (Phi) is 24.9. The topological polar surface area (TPSA) is 139 Å². The predicted octanol–water partition coefficient (Wildman–Crippen LogP) is 17.0. The molecular formula is C70H132O13Si5. The highest BCUT2D eigenvalue weighted by atomic mass is 28.4. The first kappa shape index (κ1) is 76.5. The maximum atomic E-state index is 15.4. The van der Waals surface area contributed by atoms with Crippen LogP contribution in [-0.2, 0) is 55.3 Å². The Hall–Kier alpha value is -0.506. The molecule has 13 nitrogen and oxygen atoms in total. The van der Waals surface area contributed by atoms with E-state index in [9.17, 15) is 5.11 Å². The van der Waals surface area contributed by atoms with E-state index >= 15 is 4.79 Å². The lowest BCUT2D eigenvalue weighted by molar-refractivity contribution is -0.266. The third-order valence-corrected chi connectivity index (χ3v) is 46.1. The molecule has 5 saturated heterocycles. The molecule has 1 N–H and O–H groups in total. The van der Waals surface area contributed by atoms with Crippen LogP contribution in [0.4, 0.5) is 0 Å². The van der Waals surface area contributed by atoms with Gasteiger partial charge in [-0.2, -0.15) is 0 Å². The molecule has 0 aromatic rings. The summed E-state index contributed by atoms with van der Waals surface area (Å²) in [5.74, 6) is 0.0699. The Morgan fingerprint density at radius 2 is 1.06 bits per heavy atom. The number of rotatable bonds is 14. The molecule has 8 rings (SSSR count). The van der Waals surface area contributed by atoms with Crippen LogP contribution >= 0.6 is 0 Å². The standard InChI is InChI=1S/C70H132O13Si5/c1-45-38-51-33-36-55-46(2)39-50(75-55)32-30-48(71)31-35-57(81-86(24,25)68(10,11)12)63-65(83-88(28,29)70(16,17)18)64(82-87(26,27)69(13,14)15)62-56(79-63)37-34-52(77-62)40-49(72)41-54-59(43-58(76-51)47(45)3)78-60(61(54)73-19)42-53(80-85(22,23)67(7,8)9)44-74-84(20,21)66(4,5)6/h31,35,45,48,50-65,71H,2-3,30,32-34,36-44H2,1,4-29H3/b35-31+/t45-,48?,50+,51+,52?,53+,54+,55?,56+,57+,58?,59+,60-,61-,62+,63+,64+,65-/m1/s1. The largest absolute Gasteiger partial charge is 0.414 e. The number of aliphatic hydroxyl groups excluding tert-OH is 1. The van der Waals surface area contributed by atoms with E-state index in [1.807, 2.05) is 6.08 Å². The van der Waals surface area contributed by atoms with Crippen molar-refractivity contribution in [1.82, 2.24) is 0 Å². The van der Waals surface area contributed by atoms with Crippen molar-refractivity contribution in [2.24, 2.45) is 11.8 Å². The second kappa shape index (κ2) is 28.7. The maximum Gasteiger partial charge on any atom is 0.193 e. The van der Waals surface area contributed by atoms with Gasteiger partial charge in [0.1, 0.15) is 30.2 Å². The SMILES string of the molecule is C=C1C[C@@H]2CCC(O)/C=C/[C@H](O[Si](C)(C)C(C)(C)C)[C@@H]3O[C@H]4CCC(CC(=O)C[C@@H]5[C@@H](OC)[C@@H](C[C@@H](CO[Si](C)(C)C(C)(C)C)O[Si](C)(C)C(C)(C)C)O[C@H]5CC5O[C@@H](CCC1O2)C[C@@H](C)C5=C)O[C@@H]4[C@H](O[Si](C)(C)C(C)(C)C)[C@@H]3O[Si](C)(C)C(C)(C)C. The first-order valence-electron chi connectivity index (χ1n) is 34.4. The molecule has 18 atom stereocenters. The van der Waals surface area contributed by atoms with Crippen LogP contribution in [0.25, 0.3) is 0 Å². The molecule has 0 amide bonds. The number of Topliss-reactive ketones (excluding diaryl/α,β-unsaturated/α-hetero) is 1. The van der Waals surface area contributed by atoms with Crippen LogP contribution in [-0.4, -0.2) is 164 Å². The van der Waals surface area contributed by atoms with Crippen molar-refractivity contribution in [3.8, 4) is 0 Å². The average Bonchev–Trinajstić information content (AvgIpc) is 0.954. The monoisotopic (exact) mass is 1320 g/mol. The fourth-order valence-electron chi connectivity index (χ4n) is 12.5. The molecule has 0 aromatic heterocycles. The highest BCUT2D eigenvalue weighted by Crippen LogP contribution is 2.50. The van der Waals surface area contributed by atoms with Crippen molar-refractivity contribution in [2.75, 3.05) is 13.7 Å². The second-order valence-electron chi connectivity index (χ2n) is 35.7. The fourth-order valence-corrected chi connectivity index (χ4v) is 18.8. The third-order valence-electron chi connectivity index (χ3n) is 23.7. The zero-order valence-electron chi connectivity index (χ0n) is 61.0. The molecule has 0 aliphatic carbocycles. The molecule has 8 bridgehead atoms. The lowest BCUT2D eigenvalue weighted by Crippen LogP contribution is -2.69. The van der Waals surface area contributed by atoms with Crippen LogP contribution in [0.1, 0.15) is 188 Å². The lowest BCUT2D eigenvalue weighted by atomic mass is 9.81. The Balaban J connectivity index is 1.45. The summed E-state index contributed by atoms with van der Waals surface area (Å²) in [4.78, 5) is 15.4. The molecule has 88 heavy (non-hydrogen) atoms. The van der Waals surface area contributed by atoms with E-state index in [0.29, 0.717) is 45.1 Å². The van der Waals surface area contributed by atoms with Crippen LogP contribution in [0.15, 0.2) is 36.5 Å². The van der Waals surface area contributed by atoms with Gasteiger partial charge >= 0.3 is 0 Å². The van der Waals surface area contributed by atoms with Crippen LogP contribution in [0, 0.1) is 11.8 Å². The van der Waals surface area contributed by atoms with Gasteiger partial charge in [0.25, 0.3) is 0 Å². The summed E-state index contributed by atoms with van der Waals surface area (Å²) in [7, 11) is -10.3. The van der Waals surface area contributed by atoms with Gasteiger partial charge in [-0.1, -0.05) is 136 Å². The van der Waals surface area contributed by atoms with Crippen molar-refractivity contribution in [3.05, 3.63) is 36.5 Å². The van der Waals surface area contributed by atoms with Gasteiger partial charge in [0.05, 0.1) is 79.9 Å². The normalized spacial score (nSPS) is 35.4. The number of aliphatic hydroxyl groups is 1. The minimum Gasteiger partial charge on any atom is -0.414 e. The summed E-state index contributed by atoms with van der Waals surface area (Å²) in [5, 5.41) is 11.5. The zero-order chi connectivity index (χ0) is 66.5. The lowest BCUT2D eigenvalue weighted by Gasteiger charge is -2.56. The average molecular weight is 1320 g/mol. The van der Waals surface area contributed by atoms with Gasteiger partial charge in [0, 0.05) is 38.7 Å². The van der Waals surface area contributed by atoms with E-state index in [-0.39, 0.29) is 111 Å². The highest BCUT2D eigenvalue weighted by Gasteiger charge is 2.59. The quantitative estimate of drug-likeness (QED) is 0.131. The Morgan fingerprint density at radius 1 is 0.545 bits per heavy atom. The van der Waals surface area contributed by atoms with E-state index in [2.05, 4.69) is 195 Å². The Bertz CT molecular complexity index is 2360. The minimum atomic E-state index is -2.58. The van der Waals surface area contributed by atoms with Gasteiger partial charge in [0.15, 0.2) is 41.6 Å². The molecule has 8 aliphatic heterocycles. The molecule has 0 spiro atoms. The van der Waals surface area contributed by atoms with Crippen LogP contribution in [0.2, 0.25) is 90.7 Å². The number of methoxy groups -OCH3 is 1. The minimum absolute atomic E-state index is 0.0128. The van der Waals surface area contributed by atoms with Gasteiger partial charge in [-0.15, -0.1) is 0 Å². The smallest absolute Gasteiger partial charge is 0.193 e. The number of ketones is 1. The molecule has 4 unspecified atom stereocenters. The van der Waals surface area contributed by atoms with Crippen LogP contribution in [0.3, 0.4) is 0 Å². The molecule has 0 aromatic carbocycles. The first-order valence-corrected chi connectivity index (χ1v) is 48.9. The molecular weight excluding hydrogens is 1190 g/mol. The van der Waals surface area contributed by atoms with Crippen molar-refractivity contribution in [1.29, 1.82) is 0 Å². The predicted molar refractivity (Wildman–Crippen MR) is 372 cm³/mol. The fraction of sp³-hybridized carbons (Fsp3) is 0.900. The molecule has 8 heterocycles. The van der Waals surface area contributed by atoms with Gasteiger partial charge in [-0.25, -0.2) is 0 Å². The molecule has 0 radical (unpaired) electrons. The molecule has 0 saturated carbocycles. The summed E-state index contributed by atoms with van der Waals surface area (Å²) < 4.78 is 80.5. The van der Waals surface area contributed by atoms with Crippen LogP contribution < -0.4 is 0 Å². The summed E-state index contributed by atoms with van der Waals surface area (Å²) in [6.07, 6.45) is 5.27. The van der Waals surface area contributed by atoms with Gasteiger partial charge in [-0.05, 0) is 159 Å². The van der Waals surface area contributed by atoms with E-state index in [4.69, 9.17) is 50.6 Å². The third kappa shape index (κ3) is 18.7.